The molecule has 3 unspecified atom stereocenters. The molecule has 11 heteroatoms. The van der Waals surface area contributed by atoms with E-state index in [1.54, 1.807) is 20.8 Å². The topological polar surface area (TPSA) is 178 Å². The summed E-state index contributed by atoms with van der Waals surface area (Å²) in [5, 5.41) is 65.1. The van der Waals surface area contributed by atoms with Gasteiger partial charge in [-0.3, -0.25) is 9.59 Å². The number of Topliss-reactive ketones (excluding diaryl/α,β-unsaturated/α-hetero) is 1. The molecule has 0 fully saturated rings. The lowest BCUT2D eigenvalue weighted by molar-refractivity contribution is 0.0726. The minimum atomic E-state index is -0.658. The minimum Gasteiger partial charge on any atom is -0.507 e. The molecule has 3 atom stereocenters. The SMILES string of the molecule is Cc1oc(=C/P)/c(=C(/O)c2cc(-c3c(O)cc(O)c4c(O)c5c(cc34)OC(C)C(C)C5=O)c(O)cc2O)c(=O)c1C. The van der Waals surface area contributed by atoms with Gasteiger partial charge in [-0.2, -0.15) is 0 Å². The van der Waals surface area contributed by atoms with E-state index in [1.807, 2.05) is 0 Å². The smallest absolute Gasteiger partial charge is 0.199 e. The van der Waals surface area contributed by atoms with Crippen molar-refractivity contribution in [2.75, 3.05) is 0 Å². The van der Waals surface area contributed by atoms with Gasteiger partial charge in [-0.05, 0) is 38.7 Å². The van der Waals surface area contributed by atoms with Crippen LogP contribution in [0.25, 0.3) is 33.5 Å². The first-order valence-electron chi connectivity index (χ1n) is 12.6. The average molecular weight is 579 g/mol. The van der Waals surface area contributed by atoms with Crippen LogP contribution in [0.2, 0.25) is 0 Å². The van der Waals surface area contributed by atoms with E-state index >= 15 is 0 Å². The number of phenols is 5. The van der Waals surface area contributed by atoms with Gasteiger partial charge in [0.15, 0.2) is 11.2 Å². The Morgan fingerprint density at radius 3 is 2.22 bits per heavy atom. The van der Waals surface area contributed by atoms with Crippen LogP contribution in [0.4, 0.5) is 0 Å². The van der Waals surface area contributed by atoms with Gasteiger partial charge in [0.2, 0.25) is 0 Å². The number of hydrogen-bond acceptors (Lipinski definition) is 10. The molecule has 6 N–H and O–H groups in total. The van der Waals surface area contributed by atoms with Crippen molar-refractivity contribution in [2.24, 2.45) is 5.92 Å². The number of benzene rings is 3. The Morgan fingerprint density at radius 2 is 1.56 bits per heavy atom. The van der Waals surface area contributed by atoms with E-state index in [0.717, 1.165) is 18.2 Å². The molecule has 2 heterocycles. The molecule has 0 saturated carbocycles. The summed E-state index contributed by atoms with van der Waals surface area (Å²) in [5.41, 5.74) is -0.949. The second-order valence-electron chi connectivity index (χ2n) is 10.0. The lowest BCUT2D eigenvalue weighted by Gasteiger charge is -2.29. The van der Waals surface area contributed by atoms with Gasteiger partial charge in [-0.15, -0.1) is 9.24 Å². The van der Waals surface area contributed by atoms with Gasteiger partial charge in [0.1, 0.15) is 68.3 Å². The lowest BCUT2D eigenvalue weighted by atomic mass is 9.87. The normalized spacial score (nSPS) is 17.9. The summed E-state index contributed by atoms with van der Waals surface area (Å²) in [6, 6.07) is 4.33. The quantitative estimate of drug-likeness (QED) is 0.193. The number of ether oxygens (including phenoxy) is 1. The number of ketones is 1. The number of aryl methyl sites for hydroxylation is 1. The molecule has 0 spiro atoms. The minimum absolute atomic E-state index is 0.00408. The highest BCUT2D eigenvalue weighted by Crippen LogP contribution is 2.52. The molecule has 0 aliphatic carbocycles. The van der Waals surface area contributed by atoms with Crippen LogP contribution in [0, 0.1) is 19.8 Å². The largest absolute Gasteiger partial charge is 0.507 e. The van der Waals surface area contributed by atoms with Crippen molar-refractivity contribution in [3.05, 3.63) is 67.6 Å². The van der Waals surface area contributed by atoms with Gasteiger partial charge in [0.05, 0.1) is 16.9 Å². The average Bonchev–Trinajstić information content (AvgIpc) is 2.90. The highest BCUT2D eigenvalue weighted by atomic mass is 31.0. The zero-order valence-corrected chi connectivity index (χ0v) is 23.6. The van der Waals surface area contributed by atoms with Crippen LogP contribution in [0.3, 0.4) is 0 Å². The Bertz CT molecular complexity index is 1990. The van der Waals surface area contributed by atoms with Crippen molar-refractivity contribution in [2.45, 2.75) is 33.8 Å². The molecular formula is C30H27O10P. The number of hydrogen-bond donors (Lipinski definition) is 6. The Morgan fingerprint density at radius 1 is 0.902 bits per heavy atom. The van der Waals surface area contributed by atoms with E-state index in [2.05, 4.69) is 9.24 Å². The fourth-order valence-electron chi connectivity index (χ4n) is 5.07. The number of aliphatic hydroxyl groups is 1. The molecule has 4 aromatic rings. The monoisotopic (exact) mass is 578 g/mol. The molecule has 41 heavy (non-hydrogen) atoms. The molecule has 3 aromatic carbocycles. The van der Waals surface area contributed by atoms with Gasteiger partial charge < -0.3 is 39.8 Å². The summed E-state index contributed by atoms with van der Waals surface area (Å²) in [6.45, 7) is 6.46. The van der Waals surface area contributed by atoms with Crippen LogP contribution >= 0.6 is 9.24 Å². The number of phenolic OH excluding ortho intramolecular Hbond substituents is 5. The van der Waals surface area contributed by atoms with Gasteiger partial charge in [0, 0.05) is 34.2 Å². The van der Waals surface area contributed by atoms with E-state index in [0.29, 0.717) is 5.76 Å². The maximum atomic E-state index is 13.1. The van der Waals surface area contributed by atoms with Crippen LogP contribution < -0.4 is 20.8 Å². The summed E-state index contributed by atoms with van der Waals surface area (Å²) in [5.74, 6) is -2.65. The van der Waals surface area contributed by atoms with Gasteiger partial charge in [0.25, 0.3) is 0 Å². The van der Waals surface area contributed by atoms with E-state index in [-0.39, 0.29) is 55.0 Å². The first-order valence-corrected chi connectivity index (χ1v) is 13.2. The molecule has 212 valence electrons. The first kappa shape index (κ1) is 27.9. The third-order valence-electron chi connectivity index (χ3n) is 7.63. The zero-order chi connectivity index (χ0) is 30.1. The standard InChI is InChI=1S/C30H27O10P/c1-10-12(3)39-21-6-16-23(19(33)8-20(34)24(16)30(38)25(21)27(10)35)14-5-15(18(32)7-17(14)31)29(37)26-22(9-41)40-13(4)11(2)28(26)36/h5-10,12,31-34,37-38H,41H2,1-4H3/b22-9+,29-26-. The zero-order valence-electron chi connectivity index (χ0n) is 22.4. The molecule has 0 bridgehead atoms. The Kier molecular flexibility index (Phi) is 6.62. The first-order chi connectivity index (χ1) is 19.3. The van der Waals surface area contributed by atoms with Crippen LogP contribution in [0.5, 0.6) is 34.5 Å². The van der Waals surface area contributed by atoms with E-state index < -0.39 is 57.7 Å². The van der Waals surface area contributed by atoms with Gasteiger partial charge in [-0.25, -0.2) is 0 Å². The second kappa shape index (κ2) is 9.74. The Hall–Kier alpha value is -4.69. The molecule has 1 aliphatic rings. The fourth-order valence-corrected chi connectivity index (χ4v) is 5.30. The number of aromatic hydroxyl groups is 5. The highest BCUT2D eigenvalue weighted by Gasteiger charge is 2.36. The van der Waals surface area contributed by atoms with E-state index in [9.17, 15) is 40.2 Å². The maximum Gasteiger partial charge on any atom is 0.199 e. The summed E-state index contributed by atoms with van der Waals surface area (Å²) < 4.78 is 11.5. The molecule has 5 rings (SSSR count). The molecule has 1 aromatic heterocycles. The molecule has 0 saturated heterocycles. The third-order valence-corrected chi connectivity index (χ3v) is 7.93. The third kappa shape index (κ3) is 4.14. The highest BCUT2D eigenvalue weighted by molar-refractivity contribution is 7.27. The number of fused-ring (bicyclic) bond motifs is 2. The number of carbonyl (C=O) groups is 1. The second-order valence-corrected chi connectivity index (χ2v) is 10.4. The predicted octanol–water partition coefficient (Wildman–Crippen LogP) is 3.53. The fraction of sp³-hybridized carbons (Fsp3) is 0.200. The summed E-state index contributed by atoms with van der Waals surface area (Å²) in [4.78, 5) is 26.1. The summed E-state index contributed by atoms with van der Waals surface area (Å²) in [6.07, 6.45) is -0.533. The number of aliphatic hydroxyl groups excluding tert-OH is 1. The van der Waals surface area contributed by atoms with Gasteiger partial charge >= 0.3 is 0 Å². The molecule has 10 nitrogen and oxygen atoms in total. The lowest BCUT2D eigenvalue weighted by Crippen LogP contribution is -2.42. The van der Waals surface area contributed by atoms with Crippen LogP contribution in [-0.4, -0.2) is 42.5 Å². The van der Waals surface area contributed by atoms with Crippen molar-refractivity contribution in [1.29, 1.82) is 0 Å². The number of carbonyl (C=O) groups excluding carboxylic acids is 1. The predicted molar refractivity (Wildman–Crippen MR) is 154 cm³/mol. The van der Waals surface area contributed by atoms with Crippen LogP contribution in [0.15, 0.2) is 33.5 Å². The summed E-state index contributed by atoms with van der Waals surface area (Å²) >= 11 is 0. The van der Waals surface area contributed by atoms with Crippen molar-refractivity contribution < 1.29 is 44.6 Å². The van der Waals surface area contributed by atoms with Crippen LogP contribution in [0.1, 0.15) is 41.1 Å². The van der Waals surface area contributed by atoms with Crippen LogP contribution in [-0.2, 0) is 0 Å². The van der Waals surface area contributed by atoms with Crippen molar-refractivity contribution >= 4 is 37.4 Å². The van der Waals surface area contributed by atoms with Crippen molar-refractivity contribution in [3.63, 3.8) is 0 Å². The van der Waals surface area contributed by atoms with E-state index in [4.69, 9.17) is 9.15 Å². The Labute approximate surface area is 234 Å². The molecule has 0 amide bonds. The molecule has 0 radical (unpaired) electrons. The van der Waals surface area contributed by atoms with E-state index in [1.165, 1.54) is 18.8 Å². The van der Waals surface area contributed by atoms with Gasteiger partial charge in [-0.1, -0.05) is 6.92 Å². The number of rotatable bonds is 2. The summed E-state index contributed by atoms with van der Waals surface area (Å²) in [7, 11) is 2.28. The molecule has 1 aliphatic heterocycles. The van der Waals surface area contributed by atoms with Crippen molar-refractivity contribution in [3.8, 4) is 45.6 Å². The Balaban J connectivity index is 1.89. The van der Waals surface area contributed by atoms with Crippen molar-refractivity contribution in [1.82, 2.24) is 0 Å². The molecular weight excluding hydrogens is 551 g/mol. The maximum absolute atomic E-state index is 13.1.